The van der Waals surface area contributed by atoms with Gasteiger partial charge in [-0.15, -0.1) is 0 Å². The zero-order valence-electron chi connectivity index (χ0n) is 17.5. The lowest BCUT2D eigenvalue weighted by atomic mass is 9.79. The molecule has 3 aliphatic rings. The van der Waals surface area contributed by atoms with Gasteiger partial charge >= 0.3 is 0 Å². The monoisotopic (exact) mass is 390 g/mol. The van der Waals surface area contributed by atoms with Gasteiger partial charge in [0.2, 0.25) is 0 Å². The number of fused-ring (bicyclic) bond motifs is 3. The first kappa shape index (κ1) is 20.0. The number of methoxy groups -OCH3 is 1. The molecule has 5 heteroatoms. The Balaban J connectivity index is 1.47. The molecule has 1 saturated heterocycles. The fourth-order valence-electron chi connectivity index (χ4n) is 5.04. The van der Waals surface area contributed by atoms with Gasteiger partial charge in [-0.3, -0.25) is 9.29 Å². The summed E-state index contributed by atoms with van der Waals surface area (Å²) in [5.41, 5.74) is 2.78. The topological polar surface area (TPSA) is 24.9 Å². The van der Waals surface area contributed by atoms with Gasteiger partial charge in [-0.1, -0.05) is 19.3 Å². The Kier molecular flexibility index (Phi) is 6.42. The van der Waals surface area contributed by atoms with Crippen LogP contribution in [0.15, 0.2) is 12.1 Å². The van der Waals surface area contributed by atoms with Crippen LogP contribution in [0.25, 0.3) is 0 Å². The molecule has 2 atom stereocenters. The SMILES string of the molecule is COc1cc2c(cc1OCCCCF)CCN1C[C@@H](CC3CCC3)N(C)C[C@H]21. The van der Waals surface area contributed by atoms with Crippen LogP contribution in [-0.2, 0) is 6.42 Å². The molecule has 2 heterocycles. The maximum atomic E-state index is 12.3. The van der Waals surface area contributed by atoms with E-state index in [2.05, 4.69) is 29.0 Å². The molecule has 0 radical (unpaired) electrons. The van der Waals surface area contributed by atoms with Gasteiger partial charge in [-0.2, -0.15) is 0 Å². The zero-order valence-corrected chi connectivity index (χ0v) is 17.5. The molecule has 4 nitrogen and oxygen atoms in total. The first-order valence-corrected chi connectivity index (χ1v) is 11.0. The highest BCUT2D eigenvalue weighted by molar-refractivity contribution is 5.49. The second kappa shape index (κ2) is 9.00. The largest absolute Gasteiger partial charge is 0.493 e. The Labute approximate surface area is 169 Å². The molecule has 2 aliphatic heterocycles. The number of hydrogen-bond acceptors (Lipinski definition) is 4. The maximum Gasteiger partial charge on any atom is 0.161 e. The van der Waals surface area contributed by atoms with Gasteiger partial charge in [-0.05, 0) is 61.9 Å². The summed E-state index contributed by atoms with van der Waals surface area (Å²) < 4.78 is 23.9. The lowest BCUT2D eigenvalue weighted by Gasteiger charge is -2.49. The molecule has 0 bridgehead atoms. The van der Waals surface area contributed by atoms with E-state index in [9.17, 15) is 4.39 Å². The average molecular weight is 391 g/mol. The van der Waals surface area contributed by atoms with E-state index in [4.69, 9.17) is 9.47 Å². The molecule has 28 heavy (non-hydrogen) atoms. The van der Waals surface area contributed by atoms with E-state index in [1.165, 1.54) is 43.4 Å². The molecule has 0 unspecified atom stereocenters. The molecule has 156 valence electrons. The fraction of sp³-hybridized carbons (Fsp3) is 0.739. The minimum Gasteiger partial charge on any atom is -0.493 e. The third kappa shape index (κ3) is 4.16. The van der Waals surface area contributed by atoms with Crippen molar-refractivity contribution in [1.82, 2.24) is 9.80 Å². The van der Waals surface area contributed by atoms with E-state index >= 15 is 0 Å². The van der Waals surface area contributed by atoms with Crippen LogP contribution >= 0.6 is 0 Å². The van der Waals surface area contributed by atoms with Crippen LogP contribution in [0.1, 0.15) is 55.7 Å². The van der Waals surface area contributed by atoms with Crippen LogP contribution in [0.4, 0.5) is 4.39 Å². The second-order valence-electron chi connectivity index (χ2n) is 8.83. The van der Waals surface area contributed by atoms with Crippen molar-refractivity contribution < 1.29 is 13.9 Å². The summed E-state index contributed by atoms with van der Waals surface area (Å²) >= 11 is 0. The summed E-state index contributed by atoms with van der Waals surface area (Å²) in [5, 5.41) is 0. The number of alkyl halides is 1. The van der Waals surface area contributed by atoms with Crippen LogP contribution in [0, 0.1) is 5.92 Å². The lowest BCUT2D eigenvalue weighted by Crippen LogP contribution is -2.55. The van der Waals surface area contributed by atoms with Gasteiger partial charge in [0.05, 0.1) is 20.4 Å². The number of ether oxygens (including phenoxy) is 2. The molecule has 1 aromatic rings. The van der Waals surface area contributed by atoms with E-state index in [1.807, 2.05) is 0 Å². The van der Waals surface area contributed by atoms with Crippen molar-refractivity contribution in [1.29, 1.82) is 0 Å². The molecule has 1 aromatic carbocycles. The van der Waals surface area contributed by atoms with Gasteiger partial charge in [0.15, 0.2) is 11.5 Å². The maximum absolute atomic E-state index is 12.3. The minimum atomic E-state index is -0.280. The lowest BCUT2D eigenvalue weighted by molar-refractivity contribution is 0.0217. The minimum absolute atomic E-state index is 0.280. The molecular formula is C23H35FN2O2. The van der Waals surface area contributed by atoms with Crippen molar-refractivity contribution in [3.05, 3.63) is 23.3 Å². The van der Waals surface area contributed by atoms with Gasteiger partial charge in [0.1, 0.15) is 0 Å². The highest BCUT2D eigenvalue weighted by Gasteiger charge is 2.38. The van der Waals surface area contributed by atoms with E-state index in [-0.39, 0.29) is 6.67 Å². The summed E-state index contributed by atoms with van der Waals surface area (Å²) in [5.74, 6) is 2.57. The van der Waals surface area contributed by atoms with Crippen molar-refractivity contribution >= 4 is 0 Å². The Morgan fingerprint density at radius 2 is 2.00 bits per heavy atom. The zero-order chi connectivity index (χ0) is 19.5. The number of likely N-dealkylation sites (N-methyl/N-ethyl adjacent to an activating group) is 1. The van der Waals surface area contributed by atoms with Crippen molar-refractivity contribution in [2.45, 2.75) is 57.0 Å². The van der Waals surface area contributed by atoms with Crippen LogP contribution in [0.2, 0.25) is 0 Å². The van der Waals surface area contributed by atoms with Gasteiger partial charge in [0.25, 0.3) is 0 Å². The van der Waals surface area contributed by atoms with Gasteiger partial charge < -0.3 is 14.4 Å². The molecular weight excluding hydrogens is 355 g/mol. The summed E-state index contributed by atoms with van der Waals surface area (Å²) in [6.45, 7) is 3.66. The molecule has 0 amide bonds. The molecule has 0 spiro atoms. The van der Waals surface area contributed by atoms with Gasteiger partial charge in [-0.25, -0.2) is 0 Å². The average Bonchev–Trinajstić information content (AvgIpc) is 2.67. The second-order valence-corrected chi connectivity index (χ2v) is 8.83. The standard InChI is InChI=1S/C23H35FN2O2/c1-25-16-21-20-14-22(27-2)23(28-11-4-3-9-24)13-18(20)8-10-26(21)15-19(25)12-17-6-5-7-17/h13-14,17,19,21H,3-12,15-16H2,1-2H3/t19-,21-/m1/s1. The van der Waals surface area contributed by atoms with Crippen molar-refractivity contribution in [3.63, 3.8) is 0 Å². The van der Waals surface area contributed by atoms with Crippen molar-refractivity contribution in [3.8, 4) is 11.5 Å². The predicted molar refractivity (Wildman–Crippen MR) is 110 cm³/mol. The first-order valence-electron chi connectivity index (χ1n) is 11.0. The van der Waals surface area contributed by atoms with E-state index in [1.54, 1.807) is 7.11 Å². The number of piperazine rings is 1. The fourth-order valence-corrected chi connectivity index (χ4v) is 5.04. The number of halogens is 1. The smallest absolute Gasteiger partial charge is 0.161 e. The van der Waals surface area contributed by atoms with Crippen LogP contribution < -0.4 is 9.47 Å². The summed E-state index contributed by atoms with van der Waals surface area (Å²) in [7, 11) is 4.01. The third-order valence-corrected chi connectivity index (χ3v) is 7.04. The van der Waals surface area contributed by atoms with Crippen LogP contribution in [0.5, 0.6) is 11.5 Å². The number of unbranched alkanes of at least 4 members (excludes halogenated alkanes) is 1. The predicted octanol–water partition coefficient (Wildman–Crippen LogP) is 4.23. The Bertz CT molecular complexity index is 664. The Morgan fingerprint density at radius 1 is 1.14 bits per heavy atom. The van der Waals surface area contributed by atoms with E-state index < -0.39 is 0 Å². The molecule has 0 aromatic heterocycles. The van der Waals surface area contributed by atoms with E-state index in [0.717, 1.165) is 43.3 Å². The molecule has 1 saturated carbocycles. The van der Waals surface area contributed by atoms with Crippen LogP contribution in [-0.4, -0.2) is 62.9 Å². The van der Waals surface area contributed by atoms with Crippen molar-refractivity contribution in [2.75, 3.05) is 47.1 Å². The number of rotatable bonds is 8. The number of hydrogen-bond donors (Lipinski definition) is 0. The first-order chi connectivity index (χ1) is 13.7. The molecule has 1 aliphatic carbocycles. The molecule has 4 rings (SSSR count). The highest BCUT2D eigenvalue weighted by atomic mass is 19.1. The van der Waals surface area contributed by atoms with E-state index in [0.29, 0.717) is 25.1 Å². The van der Waals surface area contributed by atoms with Crippen molar-refractivity contribution in [2.24, 2.45) is 5.92 Å². The number of nitrogens with zero attached hydrogens (tertiary/aromatic N) is 2. The highest BCUT2D eigenvalue weighted by Crippen LogP contribution is 2.41. The quantitative estimate of drug-likeness (QED) is 0.620. The normalized spacial score (nSPS) is 25.7. The molecule has 2 fully saturated rings. The van der Waals surface area contributed by atoms with Gasteiger partial charge in [0, 0.05) is 31.7 Å². The number of benzene rings is 1. The summed E-state index contributed by atoms with van der Waals surface area (Å²) in [6, 6.07) is 5.50. The van der Waals surface area contributed by atoms with Crippen LogP contribution in [0.3, 0.4) is 0 Å². The summed E-state index contributed by atoms with van der Waals surface area (Å²) in [6.07, 6.45) is 8.01. The Hall–Kier alpha value is -1.33. The summed E-state index contributed by atoms with van der Waals surface area (Å²) in [4.78, 5) is 5.27. The Morgan fingerprint density at radius 3 is 2.71 bits per heavy atom. The third-order valence-electron chi connectivity index (χ3n) is 7.04. The molecule has 0 N–H and O–H groups in total.